The van der Waals surface area contributed by atoms with Gasteiger partial charge in [0.15, 0.2) is 4.80 Å². The highest BCUT2D eigenvalue weighted by Crippen LogP contribution is 2.22. The SMILES string of the molecule is COCCn1c(=NC(=O)Cc2ccc(C)cc2)sc2cc(NC(C)=O)ccc21. The lowest BCUT2D eigenvalue weighted by atomic mass is 10.1. The number of rotatable bonds is 6. The maximum atomic E-state index is 12.5. The fourth-order valence-electron chi connectivity index (χ4n) is 2.86. The summed E-state index contributed by atoms with van der Waals surface area (Å²) in [5.41, 5.74) is 3.78. The van der Waals surface area contributed by atoms with Gasteiger partial charge in [0.1, 0.15) is 0 Å². The van der Waals surface area contributed by atoms with Gasteiger partial charge in [0.25, 0.3) is 5.91 Å². The minimum absolute atomic E-state index is 0.124. The lowest BCUT2D eigenvalue weighted by molar-refractivity contribution is -0.117. The third-order valence-electron chi connectivity index (χ3n) is 4.22. The van der Waals surface area contributed by atoms with Gasteiger partial charge in [0.05, 0.1) is 23.2 Å². The van der Waals surface area contributed by atoms with Crippen molar-refractivity contribution in [3.05, 3.63) is 58.4 Å². The molecule has 2 amide bonds. The van der Waals surface area contributed by atoms with Gasteiger partial charge in [-0.25, -0.2) is 0 Å². The number of methoxy groups -OCH3 is 1. The van der Waals surface area contributed by atoms with Crippen LogP contribution in [0.4, 0.5) is 5.69 Å². The van der Waals surface area contributed by atoms with Crippen LogP contribution >= 0.6 is 11.3 Å². The summed E-state index contributed by atoms with van der Waals surface area (Å²) in [5, 5.41) is 2.78. The third-order valence-corrected chi connectivity index (χ3v) is 5.26. The van der Waals surface area contributed by atoms with E-state index in [1.54, 1.807) is 7.11 Å². The normalized spacial score (nSPS) is 11.8. The maximum absolute atomic E-state index is 12.5. The van der Waals surface area contributed by atoms with E-state index < -0.39 is 0 Å². The van der Waals surface area contributed by atoms with Crippen molar-refractivity contribution < 1.29 is 14.3 Å². The summed E-state index contributed by atoms with van der Waals surface area (Å²) in [5.74, 6) is -0.315. The van der Waals surface area contributed by atoms with Gasteiger partial charge in [-0.05, 0) is 30.7 Å². The Labute approximate surface area is 167 Å². The second kappa shape index (κ2) is 8.95. The van der Waals surface area contributed by atoms with Gasteiger partial charge in [-0.3, -0.25) is 9.59 Å². The minimum Gasteiger partial charge on any atom is -0.383 e. The van der Waals surface area contributed by atoms with Crippen molar-refractivity contribution in [3.63, 3.8) is 0 Å². The van der Waals surface area contributed by atoms with Gasteiger partial charge in [-0.15, -0.1) is 0 Å². The summed E-state index contributed by atoms with van der Waals surface area (Å²) in [7, 11) is 1.64. The molecule has 1 N–H and O–H groups in total. The van der Waals surface area contributed by atoms with E-state index in [0.717, 1.165) is 27.0 Å². The molecule has 3 aromatic rings. The summed E-state index contributed by atoms with van der Waals surface area (Å²) in [6.45, 7) is 4.59. The van der Waals surface area contributed by atoms with Gasteiger partial charge in [0, 0.05) is 26.3 Å². The Kier molecular flexibility index (Phi) is 6.38. The Hall–Kier alpha value is -2.77. The van der Waals surface area contributed by atoms with Crippen LogP contribution in [0.5, 0.6) is 0 Å². The largest absolute Gasteiger partial charge is 0.383 e. The molecule has 0 fully saturated rings. The van der Waals surface area contributed by atoms with Crippen LogP contribution in [0, 0.1) is 6.92 Å². The molecule has 0 radical (unpaired) electrons. The molecule has 2 aromatic carbocycles. The van der Waals surface area contributed by atoms with Crippen LogP contribution in [0.25, 0.3) is 10.2 Å². The highest BCUT2D eigenvalue weighted by molar-refractivity contribution is 7.16. The van der Waals surface area contributed by atoms with Crippen molar-refractivity contribution >= 4 is 39.1 Å². The number of anilines is 1. The van der Waals surface area contributed by atoms with Crippen molar-refractivity contribution in [1.29, 1.82) is 0 Å². The molecule has 0 saturated heterocycles. The molecule has 3 rings (SSSR count). The van der Waals surface area contributed by atoms with E-state index in [9.17, 15) is 9.59 Å². The van der Waals surface area contributed by atoms with Gasteiger partial charge < -0.3 is 14.6 Å². The van der Waals surface area contributed by atoms with E-state index in [4.69, 9.17) is 4.74 Å². The average molecular weight is 398 g/mol. The van der Waals surface area contributed by atoms with E-state index >= 15 is 0 Å². The molecule has 0 unspecified atom stereocenters. The predicted octanol–water partition coefficient (Wildman–Crippen LogP) is 3.29. The summed E-state index contributed by atoms with van der Waals surface area (Å²) in [6.07, 6.45) is 0.260. The van der Waals surface area contributed by atoms with Crippen molar-refractivity contribution in [2.75, 3.05) is 19.0 Å². The van der Waals surface area contributed by atoms with Crippen LogP contribution in [-0.2, 0) is 27.3 Å². The Bertz CT molecular complexity index is 1060. The Morgan fingerprint density at radius 3 is 2.61 bits per heavy atom. The number of thiazole rings is 1. The summed E-state index contributed by atoms with van der Waals surface area (Å²) in [4.78, 5) is 28.8. The van der Waals surface area contributed by atoms with E-state index in [1.807, 2.05) is 54.0 Å². The molecule has 146 valence electrons. The predicted molar refractivity (Wildman–Crippen MR) is 111 cm³/mol. The molecule has 0 atom stereocenters. The number of amides is 2. The number of carbonyl (C=O) groups is 2. The first-order valence-corrected chi connectivity index (χ1v) is 9.81. The molecular formula is C21H23N3O3S. The van der Waals surface area contributed by atoms with Crippen LogP contribution in [-0.4, -0.2) is 30.1 Å². The molecule has 0 spiro atoms. The van der Waals surface area contributed by atoms with Crippen LogP contribution in [0.2, 0.25) is 0 Å². The van der Waals surface area contributed by atoms with Gasteiger partial charge >= 0.3 is 0 Å². The minimum atomic E-state index is -0.191. The van der Waals surface area contributed by atoms with Crippen molar-refractivity contribution in [2.24, 2.45) is 4.99 Å². The molecule has 7 heteroatoms. The highest BCUT2D eigenvalue weighted by Gasteiger charge is 2.10. The van der Waals surface area contributed by atoms with Gasteiger partial charge in [-0.1, -0.05) is 41.2 Å². The van der Waals surface area contributed by atoms with E-state index in [1.165, 1.54) is 18.3 Å². The Balaban J connectivity index is 1.96. The number of hydrogen-bond acceptors (Lipinski definition) is 4. The van der Waals surface area contributed by atoms with Gasteiger partial charge in [-0.2, -0.15) is 4.99 Å². The smallest absolute Gasteiger partial charge is 0.252 e. The number of benzene rings is 2. The summed E-state index contributed by atoms with van der Waals surface area (Å²) < 4.78 is 8.14. The molecule has 1 heterocycles. The molecule has 0 saturated carbocycles. The average Bonchev–Trinajstić information content (AvgIpc) is 2.97. The first-order valence-electron chi connectivity index (χ1n) is 8.99. The zero-order valence-electron chi connectivity index (χ0n) is 16.2. The number of fused-ring (bicyclic) bond motifs is 1. The van der Waals surface area contributed by atoms with Crippen LogP contribution < -0.4 is 10.1 Å². The molecule has 0 aliphatic heterocycles. The van der Waals surface area contributed by atoms with Crippen LogP contribution in [0.15, 0.2) is 47.5 Å². The number of carbonyl (C=O) groups excluding carboxylic acids is 2. The standard InChI is InChI=1S/C21H23N3O3S/c1-14-4-6-16(7-5-14)12-20(26)23-21-24(10-11-27-3)18-9-8-17(22-15(2)25)13-19(18)28-21/h4-9,13H,10-12H2,1-3H3,(H,22,25). The fraction of sp³-hybridized carbons (Fsp3) is 0.286. The first-order chi connectivity index (χ1) is 13.5. The van der Waals surface area contributed by atoms with Crippen LogP contribution in [0.3, 0.4) is 0 Å². The molecule has 28 heavy (non-hydrogen) atoms. The van der Waals surface area contributed by atoms with Crippen LogP contribution in [0.1, 0.15) is 18.1 Å². The molecular weight excluding hydrogens is 374 g/mol. The zero-order valence-corrected chi connectivity index (χ0v) is 17.0. The number of ether oxygens (including phenoxy) is 1. The van der Waals surface area contributed by atoms with Crippen molar-refractivity contribution in [1.82, 2.24) is 4.57 Å². The topological polar surface area (TPSA) is 72.7 Å². The van der Waals surface area contributed by atoms with Crippen molar-refractivity contribution in [2.45, 2.75) is 26.8 Å². The second-order valence-electron chi connectivity index (χ2n) is 6.56. The monoisotopic (exact) mass is 397 g/mol. The number of nitrogens with one attached hydrogen (secondary N) is 1. The fourth-order valence-corrected chi connectivity index (χ4v) is 3.98. The number of aryl methyl sites for hydroxylation is 1. The summed E-state index contributed by atoms with van der Waals surface area (Å²) >= 11 is 1.43. The van der Waals surface area contributed by atoms with E-state index in [0.29, 0.717) is 18.0 Å². The zero-order chi connectivity index (χ0) is 20.1. The molecule has 6 nitrogen and oxygen atoms in total. The molecule has 0 aliphatic rings. The Morgan fingerprint density at radius 2 is 1.93 bits per heavy atom. The van der Waals surface area contributed by atoms with E-state index in [2.05, 4.69) is 10.3 Å². The summed E-state index contributed by atoms with van der Waals surface area (Å²) in [6, 6.07) is 13.6. The lowest BCUT2D eigenvalue weighted by Gasteiger charge is -2.05. The third kappa shape index (κ3) is 4.94. The van der Waals surface area contributed by atoms with Gasteiger partial charge in [0.2, 0.25) is 5.91 Å². The quantitative estimate of drug-likeness (QED) is 0.694. The first kappa shape index (κ1) is 20.0. The van der Waals surface area contributed by atoms with Crippen molar-refractivity contribution in [3.8, 4) is 0 Å². The number of hydrogen-bond donors (Lipinski definition) is 1. The Morgan fingerprint density at radius 1 is 1.18 bits per heavy atom. The molecule has 0 aliphatic carbocycles. The highest BCUT2D eigenvalue weighted by atomic mass is 32.1. The number of nitrogens with zero attached hydrogens (tertiary/aromatic N) is 2. The maximum Gasteiger partial charge on any atom is 0.252 e. The molecule has 0 bridgehead atoms. The molecule has 1 aromatic heterocycles. The van der Waals surface area contributed by atoms with E-state index in [-0.39, 0.29) is 18.2 Å². The lowest BCUT2D eigenvalue weighted by Crippen LogP contribution is -2.19. The second-order valence-corrected chi connectivity index (χ2v) is 7.57. The number of aromatic nitrogens is 1.